The van der Waals surface area contributed by atoms with Crippen molar-refractivity contribution in [2.45, 2.75) is 19.4 Å². The van der Waals surface area contributed by atoms with Gasteiger partial charge in [-0.3, -0.25) is 4.79 Å². The maximum Gasteiger partial charge on any atom is 0.242 e. The molecule has 14 heavy (non-hydrogen) atoms. The number of carbonyl (C=O) groups is 1. The molecule has 0 aromatic carbocycles. The smallest absolute Gasteiger partial charge is 0.242 e. The number of hydrogen-bond acceptors (Lipinski definition) is 2. The Hall–Kier alpha value is -1.03. The van der Waals surface area contributed by atoms with Gasteiger partial charge in [-0.1, -0.05) is 0 Å². The standard InChI is InChI=1S/C9H12ClN3O/c10-9-11-3-6-13(9)7-8(14)12-4-1-2-5-12/h3,6H,1-2,4-5,7H2. The van der Waals surface area contributed by atoms with E-state index >= 15 is 0 Å². The third kappa shape index (κ3) is 1.90. The Balaban J connectivity index is 1.97. The van der Waals surface area contributed by atoms with E-state index < -0.39 is 0 Å². The van der Waals surface area contributed by atoms with Crippen molar-refractivity contribution >= 4 is 17.5 Å². The first-order valence-corrected chi connectivity index (χ1v) is 5.09. The van der Waals surface area contributed by atoms with Gasteiger partial charge in [-0.25, -0.2) is 4.98 Å². The normalized spacial score (nSPS) is 16.2. The summed E-state index contributed by atoms with van der Waals surface area (Å²) in [5, 5.41) is 0.373. The molecule has 4 nitrogen and oxygen atoms in total. The summed E-state index contributed by atoms with van der Waals surface area (Å²) in [6.07, 6.45) is 5.54. The third-order valence-corrected chi connectivity index (χ3v) is 2.74. The first-order valence-electron chi connectivity index (χ1n) is 4.72. The fraction of sp³-hybridized carbons (Fsp3) is 0.556. The maximum absolute atomic E-state index is 11.7. The number of imidazole rings is 1. The van der Waals surface area contributed by atoms with E-state index in [4.69, 9.17) is 11.6 Å². The van der Waals surface area contributed by atoms with E-state index in [9.17, 15) is 4.79 Å². The minimum absolute atomic E-state index is 0.127. The quantitative estimate of drug-likeness (QED) is 0.740. The summed E-state index contributed by atoms with van der Waals surface area (Å²) in [6.45, 7) is 2.06. The molecule has 76 valence electrons. The Kier molecular flexibility index (Phi) is 2.72. The summed E-state index contributed by atoms with van der Waals surface area (Å²) < 4.78 is 1.65. The van der Waals surface area contributed by atoms with Crippen LogP contribution in [0, 0.1) is 0 Å². The molecule has 0 unspecified atom stereocenters. The van der Waals surface area contributed by atoms with Crippen LogP contribution in [-0.2, 0) is 11.3 Å². The molecular formula is C9H12ClN3O. The summed E-state index contributed by atoms with van der Waals surface area (Å²) in [7, 11) is 0. The number of rotatable bonds is 2. The molecule has 0 spiro atoms. The Morgan fingerprint density at radius 1 is 1.50 bits per heavy atom. The molecule has 0 saturated carbocycles. The third-order valence-electron chi connectivity index (χ3n) is 2.43. The number of carbonyl (C=O) groups excluding carboxylic acids is 1. The Bertz CT molecular complexity index is 331. The van der Waals surface area contributed by atoms with E-state index in [1.165, 1.54) is 0 Å². The lowest BCUT2D eigenvalue weighted by molar-refractivity contribution is -0.130. The molecule has 0 bridgehead atoms. The molecule has 2 rings (SSSR count). The van der Waals surface area contributed by atoms with Gasteiger partial charge in [0.1, 0.15) is 6.54 Å². The average molecular weight is 214 g/mol. The van der Waals surface area contributed by atoms with Crippen LogP contribution in [0.5, 0.6) is 0 Å². The molecule has 1 saturated heterocycles. The SMILES string of the molecule is O=C(Cn1ccnc1Cl)N1CCCC1. The van der Waals surface area contributed by atoms with Crippen LogP contribution < -0.4 is 0 Å². The van der Waals surface area contributed by atoms with Gasteiger partial charge in [0, 0.05) is 25.5 Å². The van der Waals surface area contributed by atoms with Gasteiger partial charge in [0.15, 0.2) is 0 Å². The molecule has 1 fully saturated rings. The van der Waals surface area contributed by atoms with Gasteiger partial charge < -0.3 is 9.47 Å². The minimum Gasteiger partial charge on any atom is -0.341 e. The van der Waals surface area contributed by atoms with Crippen LogP contribution in [0.15, 0.2) is 12.4 Å². The van der Waals surface area contributed by atoms with Gasteiger partial charge in [0.25, 0.3) is 0 Å². The second-order valence-electron chi connectivity index (χ2n) is 3.41. The van der Waals surface area contributed by atoms with Gasteiger partial charge in [-0.15, -0.1) is 0 Å². The van der Waals surface area contributed by atoms with E-state index in [1.807, 2.05) is 4.90 Å². The number of amides is 1. The largest absolute Gasteiger partial charge is 0.341 e. The van der Waals surface area contributed by atoms with Crippen molar-refractivity contribution in [2.24, 2.45) is 0 Å². The van der Waals surface area contributed by atoms with Crippen LogP contribution in [-0.4, -0.2) is 33.4 Å². The van der Waals surface area contributed by atoms with Crippen LogP contribution in [0.3, 0.4) is 0 Å². The highest BCUT2D eigenvalue weighted by atomic mass is 35.5. The summed E-state index contributed by atoms with van der Waals surface area (Å²) in [5.41, 5.74) is 0. The molecule has 0 radical (unpaired) electrons. The number of aromatic nitrogens is 2. The maximum atomic E-state index is 11.7. The summed E-state index contributed by atoms with van der Waals surface area (Å²) >= 11 is 5.77. The van der Waals surface area contributed by atoms with E-state index in [2.05, 4.69) is 4.98 Å². The zero-order valence-electron chi connectivity index (χ0n) is 7.82. The summed E-state index contributed by atoms with van der Waals surface area (Å²) in [6, 6.07) is 0. The van der Waals surface area contributed by atoms with Crippen LogP contribution in [0.1, 0.15) is 12.8 Å². The Labute approximate surface area is 87.5 Å². The highest BCUT2D eigenvalue weighted by molar-refractivity contribution is 6.28. The lowest BCUT2D eigenvalue weighted by Crippen LogP contribution is -2.30. The fourth-order valence-corrected chi connectivity index (χ4v) is 1.81. The van der Waals surface area contributed by atoms with Crippen molar-refractivity contribution in [1.82, 2.24) is 14.5 Å². The van der Waals surface area contributed by atoms with Gasteiger partial charge in [-0.2, -0.15) is 0 Å². The van der Waals surface area contributed by atoms with Crippen molar-refractivity contribution in [2.75, 3.05) is 13.1 Å². The first-order chi connectivity index (χ1) is 6.77. The second-order valence-corrected chi connectivity index (χ2v) is 3.75. The molecular weight excluding hydrogens is 202 g/mol. The lowest BCUT2D eigenvalue weighted by atomic mass is 10.4. The highest BCUT2D eigenvalue weighted by Gasteiger charge is 2.18. The van der Waals surface area contributed by atoms with Crippen molar-refractivity contribution in [3.05, 3.63) is 17.7 Å². The summed E-state index contributed by atoms with van der Waals surface area (Å²) in [4.78, 5) is 17.4. The molecule has 0 aliphatic carbocycles. The first kappa shape index (κ1) is 9.52. The van der Waals surface area contributed by atoms with Gasteiger partial charge in [0.05, 0.1) is 0 Å². The van der Waals surface area contributed by atoms with Crippen molar-refractivity contribution in [3.8, 4) is 0 Å². The van der Waals surface area contributed by atoms with Crippen molar-refractivity contribution in [3.63, 3.8) is 0 Å². The molecule has 1 aliphatic heterocycles. The number of hydrogen-bond donors (Lipinski definition) is 0. The summed E-state index contributed by atoms with van der Waals surface area (Å²) in [5.74, 6) is 0.127. The van der Waals surface area contributed by atoms with Crippen molar-refractivity contribution < 1.29 is 4.79 Å². The topological polar surface area (TPSA) is 38.1 Å². The Morgan fingerprint density at radius 3 is 2.79 bits per heavy atom. The number of halogens is 1. The van der Waals surface area contributed by atoms with Crippen LogP contribution in [0.2, 0.25) is 5.28 Å². The number of likely N-dealkylation sites (tertiary alicyclic amines) is 1. The fourth-order valence-electron chi connectivity index (χ4n) is 1.64. The lowest BCUT2D eigenvalue weighted by Gasteiger charge is -2.15. The predicted molar refractivity (Wildman–Crippen MR) is 53.1 cm³/mol. The van der Waals surface area contributed by atoms with Gasteiger partial charge in [0.2, 0.25) is 11.2 Å². The van der Waals surface area contributed by atoms with Gasteiger partial charge >= 0.3 is 0 Å². The van der Waals surface area contributed by atoms with E-state index in [1.54, 1.807) is 17.0 Å². The highest BCUT2D eigenvalue weighted by Crippen LogP contribution is 2.10. The van der Waals surface area contributed by atoms with Crippen LogP contribution in [0.25, 0.3) is 0 Å². The molecule has 1 aromatic heterocycles. The molecule has 0 atom stereocenters. The predicted octanol–water partition coefficient (Wildman–Crippen LogP) is 1.16. The monoisotopic (exact) mass is 213 g/mol. The molecule has 5 heteroatoms. The Morgan fingerprint density at radius 2 is 2.21 bits per heavy atom. The molecule has 0 N–H and O–H groups in total. The average Bonchev–Trinajstić information content (AvgIpc) is 2.77. The molecule has 1 amide bonds. The molecule has 2 heterocycles. The second kappa shape index (κ2) is 4.00. The zero-order valence-corrected chi connectivity index (χ0v) is 8.57. The molecule has 1 aromatic rings. The zero-order chi connectivity index (χ0) is 9.97. The van der Waals surface area contributed by atoms with Gasteiger partial charge in [-0.05, 0) is 24.4 Å². The van der Waals surface area contributed by atoms with E-state index in [0.29, 0.717) is 11.8 Å². The molecule has 1 aliphatic rings. The minimum atomic E-state index is 0.127. The van der Waals surface area contributed by atoms with Crippen LogP contribution in [0.4, 0.5) is 0 Å². The van der Waals surface area contributed by atoms with Crippen molar-refractivity contribution in [1.29, 1.82) is 0 Å². The van der Waals surface area contributed by atoms with Crippen LogP contribution >= 0.6 is 11.6 Å². The van der Waals surface area contributed by atoms with E-state index in [-0.39, 0.29) is 5.91 Å². The van der Waals surface area contributed by atoms with E-state index in [0.717, 1.165) is 25.9 Å². The number of nitrogens with zero attached hydrogens (tertiary/aromatic N) is 3.